The first-order valence-electron chi connectivity index (χ1n) is 9.60. The molecule has 0 fully saturated rings. The van der Waals surface area contributed by atoms with Crippen LogP contribution in [0, 0.1) is 5.92 Å². The molecule has 1 aliphatic carbocycles. The van der Waals surface area contributed by atoms with Crippen LogP contribution in [0.4, 0.5) is 0 Å². The van der Waals surface area contributed by atoms with Crippen molar-refractivity contribution in [1.82, 2.24) is 15.5 Å². The van der Waals surface area contributed by atoms with Crippen LogP contribution in [0.5, 0.6) is 0 Å². The van der Waals surface area contributed by atoms with Gasteiger partial charge in [0.05, 0.1) is 0 Å². The Morgan fingerprint density at radius 2 is 1.88 bits per heavy atom. The van der Waals surface area contributed by atoms with Gasteiger partial charge in [0.1, 0.15) is 0 Å². The van der Waals surface area contributed by atoms with Gasteiger partial charge in [-0.05, 0) is 36.3 Å². The van der Waals surface area contributed by atoms with Crippen LogP contribution in [-0.2, 0) is 13.0 Å². The Balaban J connectivity index is 0.00000243. The van der Waals surface area contributed by atoms with Gasteiger partial charge in [-0.2, -0.15) is 0 Å². The Labute approximate surface area is 175 Å². The highest BCUT2D eigenvalue weighted by Crippen LogP contribution is 2.22. The van der Waals surface area contributed by atoms with Crippen molar-refractivity contribution in [3.05, 3.63) is 47.5 Å². The van der Waals surface area contributed by atoms with Crippen molar-refractivity contribution < 1.29 is 0 Å². The topological polar surface area (TPSA) is 39.7 Å². The molecule has 1 atom stereocenters. The monoisotopic (exact) mass is 468 g/mol. The highest BCUT2D eigenvalue weighted by molar-refractivity contribution is 14.0. The number of hydrogen-bond acceptors (Lipinski definition) is 2. The van der Waals surface area contributed by atoms with E-state index in [1.165, 1.54) is 11.1 Å². The van der Waals surface area contributed by atoms with Gasteiger partial charge in [-0.15, -0.1) is 24.0 Å². The smallest absolute Gasteiger partial charge is 0.191 e. The van der Waals surface area contributed by atoms with Crippen molar-refractivity contribution in [1.29, 1.82) is 0 Å². The molecule has 0 radical (unpaired) electrons. The van der Waals surface area contributed by atoms with Crippen LogP contribution in [0.2, 0.25) is 0 Å². The minimum Gasteiger partial charge on any atom is -0.355 e. The van der Waals surface area contributed by atoms with Crippen molar-refractivity contribution in [2.24, 2.45) is 10.9 Å². The van der Waals surface area contributed by atoms with Crippen LogP contribution in [0.25, 0.3) is 0 Å². The van der Waals surface area contributed by atoms with Crippen LogP contribution in [-0.4, -0.2) is 43.1 Å². The van der Waals surface area contributed by atoms with E-state index in [0.29, 0.717) is 18.0 Å². The summed E-state index contributed by atoms with van der Waals surface area (Å²) in [5.74, 6) is 1.53. The van der Waals surface area contributed by atoms with E-state index in [1.54, 1.807) is 0 Å². The first-order valence-corrected chi connectivity index (χ1v) is 9.60. The second-order valence-electron chi connectivity index (χ2n) is 7.54. The molecule has 2 aliphatic rings. The molecule has 0 saturated heterocycles. The van der Waals surface area contributed by atoms with E-state index in [-0.39, 0.29) is 24.0 Å². The second-order valence-corrected chi connectivity index (χ2v) is 7.54. The lowest BCUT2D eigenvalue weighted by molar-refractivity contribution is 0.140. The summed E-state index contributed by atoms with van der Waals surface area (Å²) in [5, 5.41) is 7.10. The van der Waals surface area contributed by atoms with E-state index in [0.717, 1.165) is 44.9 Å². The van der Waals surface area contributed by atoms with E-state index in [4.69, 9.17) is 0 Å². The molecule has 2 N–H and O–H groups in total. The van der Waals surface area contributed by atoms with Crippen LogP contribution < -0.4 is 10.6 Å². The Bertz CT molecular complexity index is 618. The molecule has 1 aliphatic heterocycles. The second kappa shape index (κ2) is 10.3. The molecule has 26 heavy (non-hydrogen) atoms. The van der Waals surface area contributed by atoms with Gasteiger partial charge >= 0.3 is 0 Å². The highest BCUT2D eigenvalue weighted by Gasteiger charge is 2.26. The number of benzene rings is 1. The molecular formula is C21H33IN4. The highest BCUT2D eigenvalue weighted by atomic mass is 127. The fourth-order valence-electron chi connectivity index (χ4n) is 3.91. The van der Waals surface area contributed by atoms with E-state index in [9.17, 15) is 0 Å². The van der Waals surface area contributed by atoms with Crippen molar-refractivity contribution in [2.45, 2.75) is 51.7 Å². The number of rotatable bonds is 5. The largest absolute Gasteiger partial charge is 0.355 e. The number of halogens is 1. The quantitative estimate of drug-likeness (QED) is 0.301. The maximum atomic E-state index is 4.41. The molecule has 0 saturated carbocycles. The maximum absolute atomic E-state index is 4.41. The van der Waals surface area contributed by atoms with Crippen molar-refractivity contribution >= 4 is 29.9 Å². The van der Waals surface area contributed by atoms with Gasteiger partial charge in [0.2, 0.25) is 0 Å². The number of aliphatic imine (C=N–C) groups is 1. The lowest BCUT2D eigenvalue weighted by Gasteiger charge is -2.38. The van der Waals surface area contributed by atoms with Crippen molar-refractivity contribution in [3.8, 4) is 0 Å². The molecule has 5 heteroatoms. The van der Waals surface area contributed by atoms with Gasteiger partial charge < -0.3 is 10.6 Å². The summed E-state index contributed by atoms with van der Waals surface area (Å²) in [6.07, 6.45) is 7.83. The SMILES string of the molecule is CN=C(NCC(C(C)C)N1CCc2ccccc2C1)NC1CC=CC1.I. The van der Waals surface area contributed by atoms with Crippen molar-refractivity contribution in [3.63, 3.8) is 0 Å². The zero-order valence-electron chi connectivity index (χ0n) is 16.2. The van der Waals surface area contributed by atoms with Crippen LogP contribution in [0.1, 0.15) is 37.8 Å². The molecule has 0 aromatic heterocycles. The zero-order valence-corrected chi connectivity index (χ0v) is 18.6. The van der Waals surface area contributed by atoms with E-state index in [2.05, 4.69) is 70.8 Å². The number of hydrogen-bond donors (Lipinski definition) is 2. The number of nitrogens with zero attached hydrogens (tertiary/aromatic N) is 2. The third-order valence-corrected chi connectivity index (χ3v) is 5.45. The van der Waals surface area contributed by atoms with E-state index in [1.807, 2.05) is 7.05 Å². The predicted molar refractivity (Wildman–Crippen MR) is 121 cm³/mol. The number of guanidine groups is 1. The number of fused-ring (bicyclic) bond motifs is 1. The minimum absolute atomic E-state index is 0. The molecule has 0 spiro atoms. The normalized spacial score (nSPS) is 19.2. The zero-order chi connectivity index (χ0) is 17.6. The van der Waals surface area contributed by atoms with Crippen LogP contribution in [0.3, 0.4) is 0 Å². The third-order valence-electron chi connectivity index (χ3n) is 5.45. The standard InChI is InChI=1S/C21H32N4.HI/c1-16(2)20(14-23-21(22-3)24-19-10-6-7-11-19)25-13-12-17-8-4-5-9-18(17)15-25;/h4-9,16,19-20H,10-15H2,1-3H3,(H2,22,23,24);1H. The summed E-state index contributed by atoms with van der Waals surface area (Å²) in [6.45, 7) is 7.77. The average Bonchev–Trinajstić information content (AvgIpc) is 3.13. The molecular weight excluding hydrogens is 435 g/mol. The summed E-state index contributed by atoms with van der Waals surface area (Å²) in [6, 6.07) is 9.87. The summed E-state index contributed by atoms with van der Waals surface area (Å²) < 4.78 is 0. The van der Waals surface area contributed by atoms with E-state index >= 15 is 0 Å². The van der Waals surface area contributed by atoms with Crippen molar-refractivity contribution in [2.75, 3.05) is 20.1 Å². The summed E-state index contributed by atoms with van der Waals surface area (Å²) in [5.41, 5.74) is 3.00. The van der Waals surface area contributed by atoms with Gasteiger partial charge in [-0.25, -0.2) is 0 Å². The van der Waals surface area contributed by atoms with Gasteiger partial charge in [0.15, 0.2) is 5.96 Å². The lowest BCUT2D eigenvalue weighted by Crippen LogP contribution is -2.51. The molecule has 1 heterocycles. The molecule has 4 nitrogen and oxygen atoms in total. The average molecular weight is 468 g/mol. The molecule has 0 amide bonds. The molecule has 3 rings (SSSR count). The molecule has 1 unspecified atom stereocenters. The van der Waals surface area contributed by atoms with Crippen LogP contribution in [0.15, 0.2) is 41.4 Å². The lowest BCUT2D eigenvalue weighted by atomic mass is 9.95. The molecule has 0 bridgehead atoms. The Morgan fingerprint density at radius 1 is 1.19 bits per heavy atom. The van der Waals surface area contributed by atoms with E-state index < -0.39 is 0 Å². The van der Waals surface area contributed by atoms with Gasteiger partial charge in [-0.3, -0.25) is 9.89 Å². The fourth-order valence-corrected chi connectivity index (χ4v) is 3.91. The minimum atomic E-state index is 0. The summed E-state index contributed by atoms with van der Waals surface area (Å²) in [7, 11) is 1.86. The first-order chi connectivity index (χ1) is 12.2. The Kier molecular flexibility index (Phi) is 8.41. The van der Waals surface area contributed by atoms with Gasteiger partial charge in [0, 0.05) is 38.8 Å². The Hall–Kier alpha value is -1.08. The van der Waals surface area contributed by atoms with Gasteiger partial charge in [-0.1, -0.05) is 50.3 Å². The number of nitrogens with one attached hydrogen (secondary N) is 2. The molecule has 1 aromatic carbocycles. The molecule has 144 valence electrons. The third kappa shape index (κ3) is 5.46. The summed E-state index contributed by atoms with van der Waals surface area (Å²) in [4.78, 5) is 7.04. The Morgan fingerprint density at radius 3 is 2.54 bits per heavy atom. The van der Waals surface area contributed by atoms with Gasteiger partial charge in [0.25, 0.3) is 0 Å². The fraction of sp³-hybridized carbons (Fsp3) is 0.571. The molecule has 1 aromatic rings. The predicted octanol–water partition coefficient (Wildman–Crippen LogP) is 3.57. The first kappa shape index (κ1) is 21.2. The summed E-state index contributed by atoms with van der Waals surface area (Å²) >= 11 is 0. The van der Waals surface area contributed by atoms with Crippen LogP contribution >= 0.6 is 24.0 Å². The maximum Gasteiger partial charge on any atom is 0.191 e.